The Balaban J connectivity index is 2.86. The van der Waals surface area contributed by atoms with Gasteiger partial charge in [-0.25, -0.2) is 21.9 Å². The van der Waals surface area contributed by atoms with E-state index in [1.54, 1.807) is 0 Å². The lowest BCUT2D eigenvalue weighted by molar-refractivity contribution is -0.136. The molecule has 8 nitrogen and oxygen atoms in total. The van der Waals surface area contributed by atoms with Crippen molar-refractivity contribution < 1.29 is 27.5 Å². The van der Waals surface area contributed by atoms with Crippen molar-refractivity contribution in [2.45, 2.75) is 11.3 Å². The number of carboxylic acids is 1. The molecule has 2 amide bonds. The van der Waals surface area contributed by atoms with Crippen LogP contribution in [0.15, 0.2) is 23.1 Å². The number of anilines is 1. The first-order valence-electron chi connectivity index (χ1n) is 6.13. The van der Waals surface area contributed by atoms with Gasteiger partial charge in [0.05, 0.1) is 6.42 Å². The number of carboxylic acid groups (broad SMARTS) is 1. The Hall–Kier alpha value is -2.20. The Labute approximate surface area is 127 Å². The Bertz CT molecular complexity index is 675. The third-order valence-electron chi connectivity index (χ3n) is 2.57. The summed E-state index contributed by atoms with van der Waals surface area (Å²) >= 11 is 0. The van der Waals surface area contributed by atoms with Crippen molar-refractivity contribution in [3.8, 4) is 0 Å². The Kier molecular flexibility index (Phi) is 5.83. The van der Waals surface area contributed by atoms with E-state index in [0.29, 0.717) is 0 Å². The number of rotatable bonds is 6. The predicted molar refractivity (Wildman–Crippen MR) is 76.5 cm³/mol. The van der Waals surface area contributed by atoms with Crippen LogP contribution in [0.5, 0.6) is 0 Å². The molecule has 1 rings (SSSR count). The number of benzene rings is 1. The van der Waals surface area contributed by atoms with Gasteiger partial charge in [-0.1, -0.05) is 0 Å². The minimum atomic E-state index is -3.99. The Morgan fingerprint density at radius 2 is 1.95 bits per heavy atom. The van der Waals surface area contributed by atoms with Gasteiger partial charge in [0, 0.05) is 26.3 Å². The molecule has 0 radical (unpaired) electrons. The second kappa shape index (κ2) is 7.18. The van der Waals surface area contributed by atoms with Crippen LogP contribution in [0.25, 0.3) is 0 Å². The summed E-state index contributed by atoms with van der Waals surface area (Å²) in [7, 11) is -1.47. The van der Waals surface area contributed by atoms with Crippen molar-refractivity contribution in [1.82, 2.24) is 9.62 Å². The number of carbonyl (C=O) groups excluding carboxylic acids is 1. The molecule has 0 saturated carbocycles. The van der Waals surface area contributed by atoms with Crippen molar-refractivity contribution in [3.63, 3.8) is 0 Å². The monoisotopic (exact) mass is 333 g/mol. The summed E-state index contributed by atoms with van der Waals surface area (Å²) in [5.74, 6) is -2.01. The fraction of sp³-hybridized carbons (Fsp3) is 0.333. The van der Waals surface area contributed by atoms with Gasteiger partial charge in [0.2, 0.25) is 10.0 Å². The molecule has 0 aliphatic rings. The van der Waals surface area contributed by atoms with E-state index in [4.69, 9.17) is 5.11 Å². The molecule has 22 heavy (non-hydrogen) atoms. The maximum Gasteiger partial charge on any atom is 0.319 e. The van der Waals surface area contributed by atoms with Crippen LogP contribution in [0.3, 0.4) is 0 Å². The fourth-order valence-electron chi connectivity index (χ4n) is 1.43. The molecule has 10 heteroatoms. The third-order valence-corrected chi connectivity index (χ3v) is 4.40. The van der Waals surface area contributed by atoms with E-state index in [9.17, 15) is 22.4 Å². The molecular weight excluding hydrogens is 317 g/mol. The van der Waals surface area contributed by atoms with Crippen LogP contribution in [0.2, 0.25) is 0 Å². The van der Waals surface area contributed by atoms with Crippen LogP contribution in [0.4, 0.5) is 14.9 Å². The summed E-state index contributed by atoms with van der Waals surface area (Å²) in [5, 5.41) is 13.0. The highest BCUT2D eigenvalue weighted by atomic mass is 32.2. The molecule has 0 heterocycles. The lowest BCUT2D eigenvalue weighted by Gasteiger charge is -2.13. The molecule has 1 aromatic carbocycles. The second-order valence-corrected chi connectivity index (χ2v) is 6.58. The summed E-state index contributed by atoms with van der Waals surface area (Å²) in [4.78, 5) is 21.2. The summed E-state index contributed by atoms with van der Waals surface area (Å²) in [6, 6.07) is 2.38. The van der Waals surface area contributed by atoms with Crippen LogP contribution in [-0.4, -0.2) is 50.5 Å². The topological polar surface area (TPSA) is 116 Å². The van der Waals surface area contributed by atoms with Gasteiger partial charge in [-0.05, 0) is 18.2 Å². The average Bonchev–Trinajstić information content (AvgIpc) is 2.40. The molecule has 0 aliphatic heterocycles. The first kappa shape index (κ1) is 17.9. The van der Waals surface area contributed by atoms with E-state index in [-0.39, 0.29) is 18.7 Å². The zero-order chi connectivity index (χ0) is 16.9. The number of halogens is 1. The summed E-state index contributed by atoms with van der Waals surface area (Å²) in [6.07, 6.45) is -0.253. The molecular formula is C12H16FN3O5S. The quantitative estimate of drug-likeness (QED) is 0.708. The van der Waals surface area contributed by atoms with Gasteiger partial charge >= 0.3 is 12.0 Å². The lowest BCUT2D eigenvalue weighted by atomic mass is 10.3. The number of aliphatic carboxylic acids is 1. The van der Waals surface area contributed by atoms with Crippen LogP contribution in [-0.2, 0) is 14.8 Å². The number of urea groups is 1. The van der Waals surface area contributed by atoms with E-state index in [0.717, 1.165) is 16.4 Å². The van der Waals surface area contributed by atoms with E-state index >= 15 is 0 Å². The zero-order valence-corrected chi connectivity index (χ0v) is 12.8. The van der Waals surface area contributed by atoms with Crippen LogP contribution in [0, 0.1) is 5.82 Å². The maximum atomic E-state index is 13.7. The van der Waals surface area contributed by atoms with Crippen LogP contribution < -0.4 is 10.6 Å². The number of nitrogens with one attached hydrogen (secondary N) is 2. The Morgan fingerprint density at radius 1 is 1.32 bits per heavy atom. The fourth-order valence-corrected chi connectivity index (χ4v) is 2.42. The van der Waals surface area contributed by atoms with Crippen LogP contribution >= 0.6 is 0 Å². The molecule has 1 aromatic rings. The van der Waals surface area contributed by atoms with Crippen molar-refractivity contribution >= 4 is 27.7 Å². The average molecular weight is 333 g/mol. The van der Waals surface area contributed by atoms with Crippen molar-refractivity contribution in [2.75, 3.05) is 26.0 Å². The molecule has 0 saturated heterocycles. The molecule has 0 spiro atoms. The van der Waals surface area contributed by atoms with Gasteiger partial charge in [-0.2, -0.15) is 0 Å². The minimum absolute atomic E-state index is 0.0645. The van der Waals surface area contributed by atoms with Gasteiger partial charge in [-0.15, -0.1) is 0 Å². The standard InChI is InChI=1S/C12H16FN3O5S/c1-16(2)22(20,21)10-7-8(3-4-9(10)13)15-12(19)14-6-5-11(17)18/h3-4,7H,5-6H2,1-2H3,(H,17,18)(H2,14,15,19). The summed E-state index contributed by atoms with van der Waals surface area (Å²) < 4.78 is 38.4. The minimum Gasteiger partial charge on any atom is -0.481 e. The van der Waals surface area contributed by atoms with Crippen molar-refractivity contribution in [1.29, 1.82) is 0 Å². The SMILES string of the molecule is CN(C)S(=O)(=O)c1cc(NC(=O)NCCC(=O)O)ccc1F. The predicted octanol–water partition coefficient (Wildman–Crippen LogP) is 0.672. The smallest absolute Gasteiger partial charge is 0.319 e. The molecule has 0 atom stereocenters. The highest BCUT2D eigenvalue weighted by molar-refractivity contribution is 7.89. The van der Waals surface area contributed by atoms with Gasteiger partial charge < -0.3 is 15.7 Å². The first-order valence-corrected chi connectivity index (χ1v) is 7.57. The first-order chi connectivity index (χ1) is 10.1. The number of hydrogen-bond acceptors (Lipinski definition) is 4. The summed E-state index contributed by atoms with van der Waals surface area (Å²) in [6.45, 7) is -0.0920. The van der Waals surface area contributed by atoms with Crippen LogP contribution in [0.1, 0.15) is 6.42 Å². The number of hydrogen-bond donors (Lipinski definition) is 3. The largest absolute Gasteiger partial charge is 0.481 e. The van der Waals surface area contributed by atoms with Gasteiger partial charge in [0.25, 0.3) is 0 Å². The van der Waals surface area contributed by atoms with Crippen molar-refractivity contribution in [3.05, 3.63) is 24.0 Å². The van der Waals surface area contributed by atoms with Gasteiger partial charge in [-0.3, -0.25) is 4.79 Å². The molecule has 0 unspecified atom stereocenters. The normalized spacial score (nSPS) is 11.3. The molecule has 0 aliphatic carbocycles. The number of carbonyl (C=O) groups is 2. The number of amides is 2. The molecule has 0 bridgehead atoms. The van der Waals surface area contributed by atoms with Gasteiger partial charge in [0.15, 0.2) is 0 Å². The van der Waals surface area contributed by atoms with E-state index in [1.165, 1.54) is 20.2 Å². The van der Waals surface area contributed by atoms with Gasteiger partial charge in [0.1, 0.15) is 10.7 Å². The Morgan fingerprint density at radius 3 is 2.50 bits per heavy atom. The van der Waals surface area contributed by atoms with E-state index in [2.05, 4.69) is 10.6 Å². The maximum absolute atomic E-state index is 13.7. The second-order valence-electron chi connectivity index (χ2n) is 4.46. The van der Waals surface area contributed by atoms with E-state index < -0.39 is 32.7 Å². The lowest BCUT2D eigenvalue weighted by Crippen LogP contribution is -2.30. The molecule has 0 aromatic heterocycles. The number of sulfonamides is 1. The number of nitrogens with zero attached hydrogens (tertiary/aromatic N) is 1. The molecule has 3 N–H and O–H groups in total. The zero-order valence-electron chi connectivity index (χ0n) is 12.0. The van der Waals surface area contributed by atoms with E-state index in [1.807, 2.05) is 0 Å². The summed E-state index contributed by atoms with van der Waals surface area (Å²) in [5.41, 5.74) is 0.0645. The highest BCUT2D eigenvalue weighted by Gasteiger charge is 2.22. The highest BCUT2D eigenvalue weighted by Crippen LogP contribution is 2.21. The third kappa shape index (κ3) is 4.67. The molecule has 0 fully saturated rings. The molecule has 122 valence electrons. The van der Waals surface area contributed by atoms with Crippen molar-refractivity contribution in [2.24, 2.45) is 0 Å².